The van der Waals surface area contributed by atoms with E-state index in [2.05, 4.69) is 51.9 Å². The number of hydrogen-bond donors (Lipinski definition) is 3. The number of hydrogen-bond acceptors (Lipinski definition) is 3. The molecule has 0 saturated carbocycles. The largest absolute Gasteiger partial charge is 0.467 e. The number of guanidine groups is 1. The Morgan fingerprint density at radius 3 is 2.86 bits per heavy atom. The summed E-state index contributed by atoms with van der Waals surface area (Å²) in [5, 5.41) is 7.97. The number of aliphatic imine (C=N–C) groups is 1. The van der Waals surface area contributed by atoms with Crippen molar-refractivity contribution in [3.63, 3.8) is 0 Å². The first-order chi connectivity index (χ1) is 13.3. The number of halogens is 1. The molecule has 0 amide bonds. The molecule has 0 atom stereocenters. The maximum Gasteiger partial charge on any atom is 0.190 e. The van der Waals surface area contributed by atoms with Gasteiger partial charge in [-0.3, -0.25) is 4.99 Å². The number of aromatic nitrogens is 1. The van der Waals surface area contributed by atoms with E-state index in [9.17, 15) is 0 Å². The van der Waals surface area contributed by atoms with E-state index in [1.54, 1.807) is 13.3 Å². The minimum absolute atomic E-state index is 0. The number of benzene rings is 1. The minimum atomic E-state index is 0. The molecular weight excluding hydrogens is 467 g/mol. The van der Waals surface area contributed by atoms with Crippen molar-refractivity contribution >= 4 is 40.8 Å². The average Bonchev–Trinajstić information content (AvgIpc) is 3.32. The summed E-state index contributed by atoms with van der Waals surface area (Å²) in [5.41, 5.74) is 3.79. The predicted octanol–water partition coefficient (Wildman–Crippen LogP) is 4.00. The van der Waals surface area contributed by atoms with Gasteiger partial charge in [0.2, 0.25) is 0 Å². The minimum Gasteiger partial charge on any atom is -0.467 e. The van der Waals surface area contributed by atoms with E-state index in [4.69, 9.17) is 9.15 Å². The van der Waals surface area contributed by atoms with Gasteiger partial charge in [0.25, 0.3) is 0 Å². The van der Waals surface area contributed by atoms with E-state index in [-0.39, 0.29) is 24.0 Å². The van der Waals surface area contributed by atoms with Crippen LogP contribution >= 0.6 is 24.0 Å². The number of H-pyrrole nitrogens is 1. The lowest BCUT2D eigenvalue weighted by atomic mass is 10.1. The van der Waals surface area contributed by atoms with E-state index < -0.39 is 0 Å². The summed E-state index contributed by atoms with van der Waals surface area (Å²) in [6.45, 7) is 4.95. The van der Waals surface area contributed by atoms with Crippen molar-refractivity contribution in [3.05, 3.63) is 59.7 Å². The molecule has 28 heavy (non-hydrogen) atoms. The van der Waals surface area contributed by atoms with Gasteiger partial charge in [-0.05, 0) is 49.1 Å². The first-order valence-corrected chi connectivity index (χ1v) is 9.37. The molecule has 2 aromatic heterocycles. The van der Waals surface area contributed by atoms with Crippen molar-refractivity contribution in [1.29, 1.82) is 0 Å². The summed E-state index contributed by atoms with van der Waals surface area (Å²) >= 11 is 0. The van der Waals surface area contributed by atoms with Gasteiger partial charge in [0.1, 0.15) is 12.4 Å². The van der Waals surface area contributed by atoms with E-state index in [1.165, 1.54) is 22.0 Å². The van der Waals surface area contributed by atoms with Crippen molar-refractivity contribution in [2.24, 2.45) is 4.99 Å². The van der Waals surface area contributed by atoms with Gasteiger partial charge in [-0.2, -0.15) is 0 Å². The Labute approximate surface area is 183 Å². The second-order valence-electron chi connectivity index (χ2n) is 6.52. The first kappa shape index (κ1) is 22.3. The van der Waals surface area contributed by atoms with Crippen LogP contribution in [0, 0.1) is 6.92 Å². The smallest absolute Gasteiger partial charge is 0.190 e. The van der Waals surface area contributed by atoms with Crippen molar-refractivity contribution < 1.29 is 9.15 Å². The predicted molar refractivity (Wildman–Crippen MR) is 125 cm³/mol. The van der Waals surface area contributed by atoms with Gasteiger partial charge in [-0.15, -0.1) is 24.0 Å². The Morgan fingerprint density at radius 2 is 2.07 bits per heavy atom. The highest BCUT2D eigenvalue weighted by Gasteiger charge is 2.04. The molecule has 3 rings (SSSR count). The standard InChI is InChI=1S/C21H28N4O2.HI/c1-16-6-7-19-17(14-25-20(19)13-16)8-10-24-21(22-2)23-9-4-11-26-15-18-5-3-12-27-18;/h3,5-7,12-14,25H,4,8-11,15H2,1-2H3,(H2,22,23,24);1H. The molecule has 7 heteroatoms. The van der Waals surface area contributed by atoms with E-state index in [0.717, 1.165) is 37.7 Å². The molecule has 0 saturated heterocycles. The third-order valence-corrected chi connectivity index (χ3v) is 4.42. The van der Waals surface area contributed by atoms with Gasteiger partial charge in [0, 0.05) is 43.8 Å². The van der Waals surface area contributed by atoms with E-state index >= 15 is 0 Å². The summed E-state index contributed by atoms with van der Waals surface area (Å²) in [7, 11) is 1.79. The molecule has 3 N–H and O–H groups in total. The second kappa shape index (κ2) is 11.8. The SMILES string of the molecule is CN=C(NCCCOCc1ccco1)NCCc1c[nH]c2cc(C)ccc12.I. The van der Waals surface area contributed by atoms with Crippen LogP contribution in [0.5, 0.6) is 0 Å². The Morgan fingerprint density at radius 1 is 1.21 bits per heavy atom. The van der Waals surface area contributed by atoms with Crippen LogP contribution in [0.25, 0.3) is 10.9 Å². The van der Waals surface area contributed by atoms with Crippen LogP contribution < -0.4 is 10.6 Å². The molecule has 2 heterocycles. The van der Waals surface area contributed by atoms with Gasteiger partial charge in [0.05, 0.1) is 6.26 Å². The Balaban J connectivity index is 0.00000280. The molecule has 0 fully saturated rings. The molecule has 0 spiro atoms. The maximum absolute atomic E-state index is 5.58. The van der Waals surface area contributed by atoms with Gasteiger partial charge >= 0.3 is 0 Å². The molecule has 1 aromatic carbocycles. The number of aryl methyl sites for hydroxylation is 1. The topological polar surface area (TPSA) is 74.6 Å². The third-order valence-electron chi connectivity index (χ3n) is 4.42. The fraction of sp³-hybridized carbons (Fsp3) is 0.381. The number of nitrogens with zero attached hydrogens (tertiary/aromatic N) is 1. The number of furan rings is 1. The summed E-state index contributed by atoms with van der Waals surface area (Å²) in [6.07, 6.45) is 5.60. The van der Waals surface area contributed by atoms with Crippen LogP contribution in [0.2, 0.25) is 0 Å². The fourth-order valence-electron chi connectivity index (χ4n) is 2.99. The zero-order valence-corrected chi connectivity index (χ0v) is 18.8. The zero-order chi connectivity index (χ0) is 18.9. The van der Waals surface area contributed by atoms with Gasteiger partial charge in [-0.1, -0.05) is 12.1 Å². The van der Waals surface area contributed by atoms with Gasteiger partial charge in [-0.25, -0.2) is 0 Å². The maximum atomic E-state index is 5.58. The number of rotatable bonds is 9. The number of fused-ring (bicyclic) bond motifs is 1. The van der Waals surface area contributed by atoms with Crippen LogP contribution in [0.1, 0.15) is 23.3 Å². The normalized spacial score (nSPS) is 11.4. The molecule has 152 valence electrons. The average molecular weight is 496 g/mol. The van der Waals surface area contributed by atoms with Crippen LogP contribution in [0.3, 0.4) is 0 Å². The number of ether oxygens (including phenoxy) is 1. The quantitative estimate of drug-likeness (QED) is 0.181. The monoisotopic (exact) mass is 496 g/mol. The highest BCUT2D eigenvalue weighted by Crippen LogP contribution is 2.19. The van der Waals surface area contributed by atoms with Crippen molar-refractivity contribution in [3.8, 4) is 0 Å². The molecule has 0 bridgehead atoms. The molecule has 0 unspecified atom stereocenters. The lowest BCUT2D eigenvalue weighted by Crippen LogP contribution is -2.39. The molecular formula is C21H29IN4O2. The second-order valence-corrected chi connectivity index (χ2v) is 6.52. The molecule has 6 nitrogen and oxygen atoms in total. The Bertz CT molecular complexity index is 859. The summed E-state index contributed by atoms with van der Waals surface area (Å²) in [5.74, 6) is 1.67. The highest BCUT2D eigenvalue weighted by atomic mass is 127. The van der Waals surface area contributed by atoms with Crippen LogP contribution in [0.15, 0.2) is 52.2 Å². The van der Waals surface area contributed by atoms with Gasteiger partial charge in [0.15, 0.2) is 5.96 Å². The van der Waals surface area contributed by atoms with E-state index in [1.807, 2.05) is 12.1 Å². The molecule has 0 aliphatic rings. The van der Waals surface area contributed by atoms with Crippen molar-refractivity contribution in [1.82, 2.24) is 15.6 Å². The first-order valence-electron chi connectivity index (χ1n) is 9.37. The highest BCUT2D eigenvalue weighted by molar-refractivity contribution is 14.0. The van der Waals surface area contributed by atoms with Gasteiger partial charge < -0.3 is 24.8 Å². The number of aromatic amines is 1. The Kier molecular flexibility index (Phi) is 9.36. The molecule has 0 aliphatic carbocycles. The van der Waals surface area contributed by atoms with Crippen molar-refractivity contribution in [2.45, 2.75) is 26.4 Å². The van der Waals surface area contributed by atoms with Crippen LogP contribution in [-0.2, 0) is 17.8 Å². The zero-order valence-electron chi connectivity index (χ0n) is 16.5. The van der Waals surface area contributed by atoms with Crippen LogP contribution in [0.4, 0.5) is 0 Å². The summed E-state index contributed by atoms with van der Waals surface area (Å²) in [6, 6.07) is 10.3. The summed E-state index contributed by atoms with van der Waals surface area (Å²) in [4.78, 5) is 7.62. The van der Waals surface area contributed by atoms with E-state index in [0.29, 0.717) is 13.2 Å². The third kappa shape index (κ3) is 6.56. The Hall–Kier alpha value is -2.00. The number of nitrogens with one attached hydrogen (secondary N) is 3. The van der Waals surface area contributed by atoms with Crippen molar-refractivity contribution in [2.75, 3.05) is 26.7 Å². The lowest BCUT2D eigenvalue weighted by molar-refractivity contribution is 0.105. The molecule has 0 aliphatic heterocycles. The van der Waals surface area contributed by atoms with Crippen LogP contribution in [-0.4, -0.2) is 37.7 Å². The summed E-state index contributed by atoms with van der Waals surface area (Å²) < 4.78 is 10.8. The molecule has 0 radical (unpaired) electrons. The lowest BCUT2D eigenvalue weighted by Gasteiger charge is -2.11. The fourth-order valence-corrected chi connectivity index (χ4v) is 2.99. The molecule has 3 aromatic rings.